The minimum atomic E-state index is 0.557. The summed E-state index contributed by atoms with van der Waals surface area (Å²) >= 11 is 1.76. The summed E-state index contributed by atoms with van der Waals surface area (Å²) in [4.78, 5) is 20.3. The quantitative estimate of drug-likeness (QED) is 0.166. The molecule has 0 aliphatic heterocycles. The highest BCUT2D eigenvalue weighted by atomic mass is 32.1. The molecule has 13 rings (SSSR count). The van der Waals surface area contributed by atoms with Crippen molar-refractivity contribution in [2.75, 3.05) is 0 Å². The molecule has 0 aliphatic rings. The molecule has 0 saturated heterocycles. The minimum Gasteiger partial charge on any atom is -0.455 e. The number of nitrogens with zero attached hydrogens (tertiary/aromatic N) is 4. The van der Waals surface area contributed by atoms with Gasteiger partial charge in [0.1, 0.15) is 22.3 Å². The molecule has 0 bridgehead atoms. The molecule has 7 heteroatoms. The maximum Gasteiger partial charge on any atom is 0.165 e. The third-order valence-corrected chi connectivity index (χ3v) is 13.3. The van der Waals surface area contributed by atoms with E-state index in [9.17, 15) is 0 Å². The van der Waals surface area contributed by atoms with Gasteiger partial charge in [-0.25, -0.2) is 15.0 Å². The second-order valence-electron chi connectivity index (χ2n) is 15.8. The predicted octanol–water partition coefficient (Wildman–Crippen LogP) is 15.4. The third-order valence-electron chi connectivity index (χ3n) is 12.0. The molecule has 0 saturated carbocycles. The van der Waals surface area contributed by atoms with Crippen LogP contribution in [0.5, 0.6) is 0 Å². The lowest BCUT2D eigenvalue weighted by Crippen LogP contribution is -2.01. The van der Waals surface area contributed by atoms with E-state index >= 15 is 0 Å². The van der Waals surface area contributed by atoms with Gasteiger partial charge in [-0.2, -0.15) is 0 Å². The maximum atomic E-state index is 6.64. The van der Waals surface area contributed by atoms with Crippen molar-refractivity contribution in [1.82, 2.24) is 19.9 Å². The normalized spacial score (nSPS) is 11.8. The van der Waals surface area contributed by atoms with Crippen molar-refractivity contribution in [2.24, 2.45) is 0 Å². The van der Waals surface area contributed by atoms with Gasteiger partial charge < -0.3 is 8.83 Å². The highest BCUT2D eigenvalue weighted by Gasteiger charge is 2.21. The van der Waals surface area contributed by atoms with E-state index in [1.54, 1.807) is 17.5 Å². The lowest BCUT2D eigenvalue weighted by atomic mass is 9.94. The summed E-state index contributed by atoms with van der Waals surface area (Å²) in [7, 11) is 0. The summed E-state index contributed by atoms with van der Waals surface area (Å²) < 4.78 is 15.6. The first-order chi connectivity index (χ1) is 31.2. The van der Waals surface area contributed by atoms with E-state index in [-0.39, 0.29) is 0 Å². The van der Waals surface area contributed by atoms with Crippen molar-refractivity contribution in [1.29, 1.82) is 0 Å². The second kappa shape index (κ2) is 14.2. The second-order valence-corrected chi connectivity index (χ2v) is 16.8. The molecular weight excluding hydrogens is 793 g/mol. The van der Waals surface area contributed by atoms with E-state index in [1.165, 1.54) is 15.5 Å². The Labute approximate surface area is 364 Å². The molecule has 0 atom stereocenters. The van der Waals surface area contributed by atoms with Gasteiger partial charge in [0.05, 0.1) is 0 Å². The topological polar surface area (TPSA) is 77.8 Å². The fourth-order valence-electron chi connectivity index (χ4n) is 9.04. The van der Waals surface area contributed by atoms with Crippen molar-refractivity contribution in [3.63, 3.8) is 0 Å². The van der Waals surface area contributed by atoms with Crippen LogP contribution in [0.2, 0.25) is 0 Å². The summed E-state index contributed by atoms with van der Waals surface area (Å²) in [5, 5.41) is 6.68. The molecular formula is C56H32N4O2S. The molecule has 0 spiro atoms. The van der Waals surface area contributed by atoms with E-state index in [0.717, 1.165) is 98.6 Å². The van der Waals surface area contributed by atoms with Crippen molar-refractivity contribution in [3.8, 4) is 67.5 Å². The van der Waals surface area contributed by atoms with Gasteiger partial charge in [0.2, 0.25) is 0 Å². The monoisotopic (exact) mass is 824 g/mol. The van der Waals surface area contributed by atoms with Crippen LogP contribution >= 0.6 is 11.3 Å². The molecule has 5 heterocycles. The molecule has 0 aliphatic carbocycles. The molecule has 0 fully saturated rings. The van der Waals surface area contributed by atoms with Gasteiger partial charge in [-0.05, 0) is 70.8 Å². The van der Waals surface area contributed by atoms with Crippen LogP contribution in [0.25, 0.3) is 132 Å². The van der Waals surface area contributed by atoms with Gasteiger partial charge in [0, 0.05) is 81.9 Å². The number of benzene rings is 8. The average molecular weight is 825 g/mol. The third kappa shape index (κ3) is 5.86. The van der Waals surface area contributed by atoms with E-state index in [4.69, 9.17) is 23.8 Å². The number of hydrogen-bond acceptors (Lipinski definition) is 7. The van der Waals surface area contributed by atoms with Gasteiger partial charge in [-0.3, -0.25) is 4.98 Å². The number of thiophene rings is 1. The lowest BCUT2D eigenvalue weighted by molar-refractivity contribution is 0.670. The smallest absolute Gasteiger partial charge is 0.165 e. The standard InChI is InChI=1S/C56H32N4O2S/c1-4-21-48-41(12-1)44-17-7-15-39(51(44)61-48)36-29-37(40-16-8-18-45-42-13-2-5-22-49(42)62-52(40)45)31-38(30-36)55-58-54(34-26-24-33(25-27-34)35-11-10-28-57-32-35)59-56(60-55)47-20-9-19-46-43-14-3-6-23-50(43)63-53(46)47/h1-32H. The Bertz CT molecular complexity index is 3790. The first kappa shape index (κ1) is 35.5. The molecule has 0 radical (unpaired) electrons. The van der Waals surface area contributed by atoms with Crippen LogP contribution in [0.1, 0.15) is 0 Å². The van der Waals surface area contributed by atoms with E-state index in [2.05, 4.69) is 157 Å². The number of furan rings is 2. The number of rotatable bonds is 6. The van der Waals surface area contributed by atoms with Crippen molar-refractivity contribution < 1.29 is 8.83 Å². The van der Waals surface area contributed by atoms with Crippen molar-refractivity contribution >= 4 is 75.4 Å². The van der Waals surface area contributed by atoms with Crippen LogP contribution < -0.4 is 0 Å². The predicted molar refractivity (Wildman–Crippen MR) is 258 cm³/mol. The summed E-state index contributed by atoms with van der Waals surface area (Å²) in [6.07, 6.45) is 3.67. The first-order valence-electron chi connectivity index (χ1n) is 20.8. The Morgan fingerprint density at radius 3 is 1.52 bits per heavy atom. The van der Waals surface area contributed by atoms with Gasteiger partial charge in [-0.15, -0.1) is 11.3 Å². The molecule has 8 aromatic carbocycles. The molecule has 0 N–H and O–H groups in total. The average Bonchev–Trinajstić information content (AvgIpc) is 4.06. The van der Waals surface area contributed by atoms with Gasteiger partial charge in [0.25, 0.3) is 0 Å². The van der Waals surface area contributed by atoms with Crippen LogP contribution in [0.3, 0.4) is 0 Å². The molecule has 0 amide bonds. The molecule has 13 aromatic rings. The van der Waals surface area contributed by atoms with Gasteiger partial charge >= 0.3 is 0 Å². The summed E-state index contributed by atoms with van der Waals surface area (Å²) in [5.74, 6) is 1.74. The highest BCUT2D eigenvalue weighted by molar-refractivity contribution is 7.26. The number of aromatic nitrogens is 4. The summed E-state index contributed by atoms with van der Waals surface area (Å²) in [5.41, 5.74) is 12.0. The zero-order chi connectivity index (χ0) is 41.4. The van der Waals surface area contributed by atoms with Crippen LogP contribution in [-0.2, 0) is 0 Å². The van der Waals surface area contributed by atoms with Gasteiger partial charge in [0.15, 0.2) is 17.5 Å². The molecule has 0 unspecified atom stereocenters. The zero-order valence-electron chi connectivity index (χ0n) is 33.5. The zero-order valence-corrected chi connectivity index (χ0v) is 34.3. The van der Waals surface area contributed by atoms with Gasteiger partial charge in [-0.1, -0.05) is 133 Å². The fraction of sp³-hybridized carbons (Fsp3) is 0. The largest absolute Gasteiger partial charge is 0.455 e. The number of pyridine rings is 1. The van der Waals surface area contributed by atoms with Crippen LogP contribution in [0.4, 0.5) is 0 Å². The summed E-state index contributed by atoms with van der Waals surface area (Å²) in [6, 6.07) is 63.1. The Kier molecular flexibility index (Phi) is 7.98. The Hall–Kier alpha value is -8.26. The number of hydrogen-bond donors (Lipinski definition) is 0. The molecule has 6 nitrogen and oxygen atoms in total. The van der Waals surface area contributed by atoms with Crippen molar-refractivity contribution in [3.05, 3.63) is 194 Å². The SMILES string of the molecule is c1cncc(-c2ccc(-c3nc(-c4cc(-c5cccc6c5oc5ccccc56)cc(-c5cccc6c5oc5ccccc56)c4)nc(-c4cccc5c4sc4ccccc45)n3)cc2)c1. The lowest BCUT2D eigenvalue weighted by Gasteiger charge is -2.13. The molecule has 294 valence electrons. The Morgan fingerprint density at radius 2 is 0.873 bits per heavy atom. The molecule has 63 heavy (non-hydrogen) atoms. The van der Waals surface area contributed by atoms with Crippen LogP contribution in [0, 0.1) is 0 Å². The van der Waals surface area contributed by atoms with E-state index in [1.807, 2.05) is 36.5 Å². The minimum absolute atomic E-state index is 0.557. The number of para-hydroxylation sites is 4. The molecule has 5 aromatic heterocycles. The van der Waals surface area contributed by atoms with E-state index < -0.39 is 0 Å². The van der Waals surface area contributed by atoms with Crippen LogP contribution in [0.15, 0.2) is 203 Å². The maximum absolute atomic E-state index is 6.64. The highest BCUT2D eigenvalue weighted by Crippen LogP contribution is 2.43. The first-order valence-corrected chi connectivity index (χ1v) is 21.7. The Morgan fingerprint density at radius 1 is 0.349 bits per heavy atom. The Balaban J connectivity index is 1.07. The van der Waals surface area contributed by atoms with Crippen LogP contribution in [-0.4, -0.2) is 19.9 Å². The number of fused-ring (bicyclic) bond motifs is 9. The van der Waals surface area contributed by atoms with Crippen molar-refractivity contribution in [2.45, 2.75) is 0 Å². The fourth-order valence-corrected chi connectivity index (χ4v) is 10.3. The summed E-state index contributed by atoms with van der Waals surface area (Å²) in [6.45, 7) is 0. The van der Waals surface area contributed by atoms with E-state index in [0.29, 0.717) is 17.5 Å².